The van der Waals surface area contributed by atoms with E-state index >= 15 is 0 Å². The number of ether oxygens (including phenoxy) is 1. The van der Waals surface area contributed by atoms with Gasteiger partial charge in [0.05, 0.1) is 24.4 Å². The van der Waals surface area contributed by atoms with Crippen LogP contribution in [0, 0.1) is 0 Å². The van der Waals surface area contributed by atoms with Crippen LogP contribution in [0.25, 0.3) is 0 Å². The number of rotatable bonds is 6. The van der Waals surface area contributed by atoms with Gasteiger partial charge in [-0.1, -0.05) is 30.3 Å². The smallest absolute Gasteiger partial charge is 0.234 e. The van der Waals surface area contributed by atoms with E-state index in [1.54, 1.807) is 12.4 Å². The molecule has 0 saturated carbocycles. The lowest BCUT2D eigenvalue weighted by Crippen LogP contribution is -2.10. The third kappa shape index (κ3) is 4.10. The molecule has 100 valence electrons. The molecule has 4 nitrogen and oxygen atoms in total. The summed E-state index contributed by atoms with van der Waals surface area (Å²) in [6.45, 7) is 3.06. The van der Waals surface area contributed by atoms with Gasteiger partial charge in [0.2, 0.25) is 5.88 Å². The van der Waals surface area contributed by atoms with E-state index in [4.69, 9.17) is 16.3 Å². The standard InChI is InChI=1S/C14H16ClN3O/c1-2-19-14-10-16-9-13(18-14)17-8-12(15)11-6-4-3-5-7-11/h3-7,9-10,12H,2,8H2,1H3,(H,17,18). The first kappa shape index (κ1) is 13.6. The lowest BCUT2D eigenvalue weighted by atomic mass is 10.1. The number of benzene rings is 1. The Morgan fingerprint density at radius 3 is 2.79 bits per heavy atom. The van der Waals surface area contributed by atoms with Crippen LogP contribution in [0.2, 0.25) is 0 Å². The van der Waals surface area contributed by atoms with Crippen molar-refractivity contribution in [1.29, 1.82) is 0 Å². The average Bonchev–Trinajstić information content (AvgIpc) is 2.46. The number of hydrogen-bond donors (Lipinski definition) is 1. The molecule has 19 heavy (non-hydrogen) atoms. The van der Waals surface area contributed by atoms with E-state index in [2.05, 4.69) is 15.3 Å². The van der Waals surface area contributed by atoms with Crippen LogP contribution in [0.15, 0.2) is 42.7 Å². The van der Waals surface area contributed by atoms with Crippen molar-refractivity contribution in [1.82, 2.24) is 9.97 Å². The highest BCUT2D eigenvalue weighted by Gasteiger charge is 2.07. The second-order valence-corrected chi connectivity index (χ2v) is 4.46. The summed E-state index contributed by atoms with van der Waals surface area (Å²) in [5, 5.41) is 3.04. The Hall–Kier alpha value is -1.81. The van der Waals surface area contributed by atoms with Crippen LogP contribution in [0.5, 0.6) is 5.88 Å². The molecule has 5 heteroatoms. The zero-order chi connectivity index (χ0) is 13.5. The third-order valence-electron chi connectivity index (χ3n) is 2.53. The second-order valence-electron chi connectivity index (χ2n) is 3.93. The maximum atomic E-state index is 6.32. The van der Waals surface area contributed by atoms with Crippen molar-refractivity contribution in [2.75, 3.05) is 18.5 Å². The van der Waals surface area contributed by atoms with Crippen LogP contribution in [0.4, 0.5) is 5.82 Å². The molecule has 0 spiro atoms. The number of hydrogen-bond acceptors (Lipinski definition) is 4. The zero-order valence-corrected chi connectivity index (χ0v) is 11.5. The van der Waals surface area contributed by atoms with Crippen molar-refractivity contribution < 1.29 is 4.74 Å². The number of aromatic nitrogens is 2. The SMILES string of the molecule is CCOc1cncc(NCC(Cl)c2ccccc2)n1. The van der Waals surface area contributed by atoms with Crippen LogP contribution in [-0.2, 0) is 0 Å². The number of nitrogens with zero attached hydrogens (tertiary/aromatic N) is 2. The molecule has 0 aliphatic rings. The summed E-state index contributed by atoms with van der Waals surface area (Å²) >= 11 is 6.32. The topological polar surface area (TPSA) is 47.0 Å². The molecule has 0 saturated heterocycles. The second kappa shape index (κ2) is 6.95. The first-order chi connectivity index (χ1) is 9.29. The Kier molecular flexibility index (Phi) is 4.98. The maximum Gasteiger partial charge on any atom is 0.234 e. The summed E-state index contributed by atoms with van der Waals surface area (Å²) in [7, 11) is 0. The van der Waals surface area contributed by atoms with Crippen LogP contribution >= 0.6 is 11.6 Å². The fraction of sp³-hybridized carbons (Fsp3) is 0.286. The van der Waals surface area contributed by atoms with Crippen molar-refractivity contribution >= 4 is 17.4 Å². The predicted molar refractivity (Wildman–Crippen MR) is 76.7 cm³/mol. The summed E-state index contributed by atoms with van der Waals surface area (Å²) in [6, 6.07) is 9.92. The average molecular weight is 278 g/mol. The van der Waals surface area contributed by atoms with Gasteiger partial charge in [0.15, 0.2) is 0 Å². The van der Waals surface area contributed by atoms with E-state index in [-0.39, 0.29) is 5.38 Å². The molecule has 1 heterocycles. The van der Waals surface area contributed by atoms with Gasteiger partial charge in [0.25, 0.3) is 0 Å². The fourth-order valence-corrected chi connectivity index (χ4v) is 1.85. The lowest BCUT2D eigenvalue weighted by Gasteiger charge is -2.12. The molecule has 2 rings (SSSR count). The summed E-state index contributed by atoms with van der Waals surface area (Å²) in [5.74, 6) is 1.17. The highest BCUT2D eigenvalue weighted by atomic mass is 35.5. The Balaban J connectivity index is 1.93. The number of anilines is 1. The van der Waals surface area contributed by atoms with E-state index in [1.807, 2.05) is 37.3 Å². The van der Waals surface area contributed by atoms with E-state index in [0.29, 0.717) is 24.8 Å². The number of alkyl halides is 1. The molecule has 1 unspecified atom stereocenters. The molecule has 1 atom stereocenters. The van der Waals surface area contributed by atoms with Crippen LogP contribution in [0.1, 0.15) is 17.9 Å². The minimum Gasteiger partial charge on any atom is -0.477 e. The van der Waals surface area contributed by atoms with Crippen molar-refractivity contribution in [3.63, 3.8) is 0 Å². The van der Waals surface area contributed by atoms with E-state index in [1.165, 1.54) is 0 Å². The van der Waals surface area contributed by atoms with Crippen molar-refractivity contribution in [2.24, 2.45) is 0 Å². The number of nitrogens with one attached hydrogen (secondary N) is 1. The molecule has 0 fully saturated rings. The van der Waals surface area contributed by atoms with Gasteiger partial charge < -0.3 is 10.1 Å². The fourth-order valence-electron chi connectivity index (χ4n) is 1.62. The Morgan fingerprint density at radius 1 is 1.26 bits per heavy atom. The summed E-state index contributed by atoms with van der Waals surface area (Å²) in [5.41, 5.74) is 1.07. The van der Waals surface area contributed by atoms with Gasteiger partial charge >= 0.3 is 0 Å². The monoisotopic (exact) mass is 277 g/mol. The van der Waals surface area contributed by atoms with E-state index in [0.717, 1.165) is 5.56 Å². The van der Waals surface area contributed by atoms with Crippen LogP contribution in [0.3, 0.4) is 0 Å². The van der Waals surface area contributed by atoms with Crippen molar-refractivity contribution in [2.45, 2.75) is 12.3 Å². The molecule has 1 aromatic heterocycles. The minimum absolute atomic E-state index is 0.112. The zero-order valence-electron chi connectivity index (χ0n) is 10.7. The normalized spacial score (nSPS) is 11.9. The molecule has 0 amide bonds. The van der Waals surface area contributed by atoms with Gasteiger partial charge in [-0.15, -0.1) is 11.6 Å². The Bertz CT molecular complexity index is 507. The first-order valence-corrected chi connectivity index (χ1v) is 6.61. The summed E-state index contributed by atoms with van der Waals surface area (Å²) < 4.78 is 5.29. The third-order valence-corrected chi connectivity index (χ3v) is 2.93. The Labute approximate surface area is 117 Å². The van der Waals surface area contributed by atoms with Gasteiger partial charge in [-0.2, -0.15) is 4.98 Å². The lowest BCUT2D eigenvalue weighted by molar-refractivity contribution is 0.325. The molecule has 2 aromatic rings. The molecular weight excluding hydrogens is 262 g/mol. The van der Waals surface area contributed by atoms with Gasteiger partial charge in [-0.25, -0.2) is 0 Å². The number of halogens is 1. The quantitative estimate of drug-likeness (QED) is 0.823. The summed E-state index contributed by atoms with van der Waals surface area (Å²) in [4.78, 5) is 8.33. The maximum absolute atomic E-state index is 6.32. The van der Waals surface area contributed by atoms with Crippen LogP contribution < -0.4 is 10.1 Å². The molecule has 0 radical (unpaired) electrons. The van der Waals surface area contributed by atoms with Crippen molar-refractivity contribution in [3.8, 4) is 5.88 Å². The highest BCUT2D eigenvalue weighted by Crippen LogP contribution is 2.20. The molecule has 0 aliphatic heterocycles. The van der Waals surface area contributed by atoms with Gasteiger partial charge in [0, 0.05) is 6.54 Å². The van der Waals surface area contributed by atoms with E-state index in [9.17, 15) is 0 Å². The van der Waals surface area contributed by atoms with Gasteiger partial charge in [-0.05, 0) is 12.5 Å². The van der Waals surface area contributed by atoms with E-state index < -0.39 is 0 Å². The molecule has 1 N–H and O–H groups in total. The van der Waals surface area contributed by atoms with Crippen molar-refractivity contribution in [3.05, 3.63) is 48.3 Å². The predicted octanol–water partition coefficient (Wildman–Crippen LogP) is 3.27. The van der Waals surface area contributed by atoms with Gasteiger partial charge in [-0.3, -0.25) is 4.98 Å². The molecular formula is C14H16ClN3O. The molecule has 0 bridgehead atoms. The highest BCUT2D eigenvalue weighted by molar-refractivity contribution is 6.21. The largest absolute Gasteiger partial charge is 0.477 e. The first-order valence-electron chi connectivity index (χ1n) is 6.17. The minimum atomic E-state index is -0.112. The van der Waals surface area contributed by atoms with Gasteiger partial charge in [0.1, 0.15) is 5.82 Å². The Morgan fingerprint density at radius 2 is 2.05 bits per heavy atom. The summed E-state index contributed by atoms with van der Waals surface area (Å²) in [6.07, 6.45) is 3.24. The van der Waals surface area contributed by atoms with Crippen LogP contribution in [-0.4, -0.2) is 23.1 Å². The molecule has 1 aromatic carbocycles. The molecule has 0 aliphatic carbocycles.